The van der Waals surface area contributed by atoms with Gasteiger partial charge in [0.25, 0.3) is 0 Å². The molecule has 3 aromatic rings. The molecule has 16 nitrogen and oxygen atoms in total. The third-order valence-electron chi connectivity index (χ3n) is 8.44. The molecule has 1 saturated heterocycles. The lowest BCUT2D eigenvalue weighted by Crippen LogP contribution is -2.61. The number of nitrogens with zero attached hydrogens (tertiary/aromatic N) is 2. The van der Waals surface area contributed by atoms with Gasteiger partial charge in [0.2, 0.25) is 18.1 Å². The number of carbonyl (C=O) groups is 3. The summed E-state index contributed by atoms with van der Waals surface area (Å²) in [5.74, 6) is -1.94. The first-order valence-corrected chi connectivity index (χ1v) is 16.9. The number of carboxylic acid groups (broad SMARTS) is 1. The van der Waals surface area contributed by atoms with Crippen LogP contribution in [0.3, 0.4) is 0 Å². The van der Waals surface area contributed by atoms with Crippen LogP contribution in [0.2, 0.25) is 0 Å². The van der Waals surface area contributed by atoms with Gasteiger partial charge in [-0.25, -0.2) is 9.80 Å². The molecular weight excluding hydrogens is 666 g/mol. The van der Waals surface area contributed by atoms with Crippen molar-refractivity contribution >= 4 is 34.4 Å². The molecule has 5 atom stereocenters. The van der Waals surface area contributed by atoms with E-state index in [2.05, 4.69) is 38.8 Å². The average Bonchev–Trinajstić information content (AvgIpc) is 3.46. The minimum Gasteiger partial charge on any atom is -0.479 e. The number of ether oxygens (including phenoxy) is 4. The summed E-state index contributed by atoms with van der Waals surface area (Å²) in [4.78, 5) is 36.7. The van der Waals surface area contributed by atoms with E-state index in [0.717, 1.165) is 22.2 Å². The number of aromatic nitrogens is 1. The van der Waals surface area contributed by atoms with Crippen molar-refractivity contribution in [2.75, 3.05) is 52.4 Å². The molecule has 0 bridgehead atoms. The molecule has 51 heavy (non-hydrogen) atoms. The van der Waals surface area contributed by atoms with Crippen LogP contribution in [0.25, 0.3) is 10.9 Å². The molecule has 2 aromatic carbocycles. The molecular formula is C35H49N5O11. The molecule has 0 spiro atoms. The van der Waals surface area contributed by atoms with Gasteiger partial charge in [-0.15, -0.1) is 0 Å². The molecule has 4 rings (SSSR count). The first-order chi connectivity index (χ1) is 24.5. The summed E-state index contributed by atoms with van der Waals surface area (Å²) in [6.45, 7) is 4.42. The van der Waals surface area contributed by atoms with Crippen LogP contribution in [-0.2, 0) is 48.1 Å². The molecule has 0 saturated carbocycles. The zero-order valence-electron chi connectivity index (χ0n) is 29.1. The summed E-state index contributed by atoms with van der Waals surface area (Å²) in [7, 11) is 3.82. The van der Waals surface area contributed by atoms with Gasteiger partial charge in [0.15, 0.2) is 6.10 Å². The van der Waals surface area contributed by atoms with Crippen LogP contribution in [0, 0.1) is 0 Å². The number of aryl methyl sites for hydroxylation is 2. The van der Waals surface area contributed by atoms with Crippen molar-refractivity contribution in [2.45, 2.75) is 70.0 Å². The Morgan fingerprint density at radius 1 is 0.922 bits per heavy atom. The van der Waals surface area contributed by atoms with Gasteiger partial charge < -0.3 is 54.6 Å². The van der Waals surface area contributed by atoms with E-state index in [-0.39, 0.29) is 43.6 Å². The van der Waals surface area contributed by atoms with E-state index in [9.17, 15) is 34.8 Å². The second-order valence-corrected chi connectivity index (χ2v) is 12.1. The highest BCUT2D eigenvalue weighted by Crippen LogP contribution is 2.31. The average molecular weight is 716 g/mol. The van der Waals surface area contributed by atoms with Crippen LogP contribution in [0.15, 0.2) is 48.5 Å². The number of aliphatic hydroxyl groups excluding tert-OH is 3. The van der Waals surface area contributed by atoms with Crippen LogP contribution in [0.1, 0.15) is 31.0 Å². The molecule has 2 heterocycles. The lowest BCUT2D eigenvalue weighted by atomic mass is 9.99. The van der Waals surface area contributed by atoms with Crippen molar-refractivity contribution in [3.8, 4) is 5.75 Å². The van der Waals surface area contributed by atoms with Crippen molar-refractivity contribution in [3.05, 3.63) is 59.8 Å². The van der Waals surface area contributed by atoms with Gasteiger partial charge >= 0.3 is 5.97 Å². The summed E-state index contributed by atoms with van der Waals surface area (Å²) in [5, 5.41) is 48.4. The highest BCUT2D eigenvalue weighted by molar-refractivity contribution is 5.92. The summed E-state index contributed by atoms with van der Waals surface area (Å²) >= 11 is 0. The molecule has 1 unspecified atom stereocenters. The number of para-hydroxylation sites is 1. The standard InChI is InChI=1S/C35H49N5O11/c1-4-22-9-10-27(50-35-32(45)30(43)31(44)33(51-35)34(46)47)25(19-22)38-29(42)12-15-48-17-18-49-16-13-37-28(41)11-14-40-24(21-39(3)36-2)20-23-7-5-6-8-26(23)40/h5-10,19-20,30-33,35-36,43-45H,4,11-18,21H2,1-3H3,(H,37,41)(H,38,42)(H,46,47)/t30-,31-,32+,33-,35?/m0/s1. The van der Waals surface area contributed by atoms with E-state index in [1.54, 1.807) is 12.1 Å². The largest absolute Gasteiger partial charge is 0.479 e. The first kappa shape index (κ1) is 39.7. The molecule has 1 aliphatic heterocycles. The number of benzene rings is 2. The van der Waals surface area contributed by atoms with Gasteiger partial charge in [0, 0.05) is 37.8 Å². The normalized spacial score (nSPS) is 20.4. The van der Waals surface area contributed by atoms with Crippen LogP contribution in [0.4, 0.5) is 5.69 Å². The van der Waals surface area contributed by atoms with Crippen molar-refractivity contribution < 1.29 is 53.8 Å². The molecule has 7 N–H and O–H groups in total. The van der Waals surface area contributed by atoms with Crippen LogP contribution >= 0.6 is 0 Å². The van der Waals surface area contributed by atoms with Crippen LogP contribution in [0.5, 0.6) is 5.75 Å². The minimum absolute atomic E-state index is 0.00401. The molecule has 1 aliphatic rings. The molecule has 0 radical (unpaired) electrons. The van der Waals surface area contributed by atoms with Gasteiger partial charge in [-0.2, -0.15) is 0 Å². The monoisotopic (exact) mass is 715 g/mol. The number of hydrazine groups is 1. The number of carbonyl (C=O) groups excluding carboxylic acids is 2. The highest BCUT2D eigenvalue weighted by Gasteiger charge is 2.48. The van der Waals surface area contributed by atoms with Gasteiger partial charge in [-0.1, -0.05) is 31.2 Å². The predicted octanol–water partition coefficient (Wildman–Crippen LogP) is 0.609. The Labute approximate surface area is 296 Å². The van der Waals surface area contributed by atoms with E-state index in [1.807, 2.05) is 38.2 Å². The fourth-order valence-electron chi connectivity index (χ4n) is 5.52. The summed E-state index contributed by atoms with van der Waals surface area (Å²) in [6, 6.07) is 15.2. The van der Waals surface area contributed by atoms with Gasteiger partial charge in [0.05, 0.1) is 45.1 Å². The zero-order chi connectivity index (χ0) is 36.9. The van der Waals surface area contributed by atoms with Crippen molar-refractivity contribution in [1.82, 2.24) is 20.3 Å². The van der Waals surface area contributed by atoms with Gasteiger partial charge in [0.1, 0.15) is 24.1 Å². The number of anilines is 1. The van der Waals surface area contributed by atoms with Crippen molar-refractivity contribution in [3.63, 3.8) is 0 Å². The number of aliphatic carboxylic acids is 1. The maximum atomic E-state index is 12.7. The predicted molar refractivity (Wildman–Crippen MR) is 186 cm³/mol. The summed E-state index contributed by atoms with van der Waals surface area (Å²) < 4.78 is 24.1. The third-order valence-corrected chi connectivity index (χ3v) is 8.44. The molecule has 2 amide bonds. The van der Waals surface area contributed by atoms with E-state index < -0.39 is 42.6 Å². The maximum Gasteiger partial charge on any atom is 0.335 e. The minimum atomic E-state index is -1.86. The Bertz CT molecular complexity index is 1600. The van der Waals surface area contributed by atoms with Crippen molar-refractivity contribution in [1.29, 1.82) is 0 Å². The molecule has 16 heteroatoms. The fourth-order valence-corrected chi connectivity index (χ4v) is 5.52. The van der Waals surface area contributed by atoms with Gasteiger partial charge in [-0.05, 0) is 48.7 Å². The van der Waals surface area contributed by atoms with Crippen LogP contribution < -0.4 is 20.8 Å². The number of hydrogen-bond donors (Lipinski definition) is 7. The first-order valence-electron chi connectivity index (χ1n) is 16.9. The number of amides is 2. The van der Waals surface area contributed by atoms with Crippen molar-refractivity contribution in [2.24, 2.45) is 0 Å². The summed E-state index contributed by atoms with van der Waals surface area (Å²) in [6.07, 6.45) is -7.92. The molecule has 280 valence electrons. The lowest BCUT2D eigenvalue weighted by molar-refractivity contribution is -0.271. The number of aliphatic hydroxyl groups is 3. The van der Waals surface area contributed by atoms with E-state index in [0.29, 0.717) is 39.1 Å². The highest BCUT2D eigenvalue weighted by atomic mass is 16.7. The number of fused-ring (bicyclic) bond motifs is 1. The second kappa shape index (κ2) is 19.5. The molecule has 1 fully saturated rings. The molecule has 0 aliphatic carbocycles. The number of nitrogens with one attached hydrogen (secondary N) is 3. The second-order valence-electron chi connectivity index (χ2n) is 12.1. The third kappa shape index (κ3) is 11.2. The number of rotatable bonds is 20. The SMILES string of the molecule is CCc1ccc(OC2O[C@H](C(=O)O)[C@@H](O)[C@H](O)[C@H]2O)c(NC(=O)CCOCCOCCNC(=O)CCn2c(CN(C)NC)cc3ccccc32)c1. The van der Waals surface area contributed by atoms with E-state index in [4.69, 9.17) is 18.9 Å². The molecule has 1 aromatic heterocycles. The number of carboxylic acids is 1. The Morgan fingerprint density at radius 2 is 1.67 bits per heavy atom. The maximum absolute atomic E-state index is 12.7. The Morgan fingerprint density at radius 3 is 2.39 bits per heavy atom. The van der Waals surface area contributed by atoms with Crippen LogP contribution in [-0.4, -0.2) is 126 Å². The topological polar surface area (TPSA) is 213 Å². The quantitative estimate of drug-likeness (QED) is 0.0632. The lowest BCUT2D eigenvalue weighted by Gasteiger charge is -2.38. The van der Waals surface area contributed by atoms with E-state index >= 15 is 0 Å². The zero-order valence-corrected chi connectivity index (χ0v) is 29.1. The van der Waals surface area contributed by atoms with E-state index in [1.165, 1.54) is 6.07 Å². The van der Waals surface area contributed by atoms with Gasteiger partial charge in [-0.3, -0.25) is 15.0 Å². The smallest absolute Gasteiger partial charge is 0.335 e. The Kier molecular flexibility index (Phi) is 15.1. The number of hydrogen-bond acceptors (Lipinski definition) is 12. The summed E-state index contributed by atoms with van der Waals surface area (Å²) in [5.41, 5.74) is 6.41. The Hall–Kier alpha value is -4.13. The Balaban J connectivity index is 1.13. The fraction of sp³-hybridized carbons (Fsp3) is 0.514.